The molecule has 5 nitrogen and oxygen atoms in total. The van der Waals surface area contributed by atoms with E-state index in [0.29, 0.717) is 6.61 Å². The van der Waals surface area contributed by atoms with Gasteiger partial charge in [-0.15, -0.1) is 0 Å². The van der Waals surface area contributed by atoms with Crippen molar-refractivity contribution in [2.75, 3.05) is 19.8 Å². The van der Waals surface area contributed by atoms with E-state index in [2.05, 4.69) is 0 Å². The van der Waals surface area contributed by atoms with E-state index in [4.69, 9.17) is 14.6 Å². The Balaban J connectivity index is 4.34. The van der Waals surface area contributed by atoms with Gasteiger partial charge in [-0.2, -0.15) is 0 Å². The van der Waals surface area contributed by atoms with E-state index in [1.165, 1.54) is 6.92 Å². The Hall–Kier alpha value is -1.10. The minimum atomic E-state index is -1.51. The van der Waals surface area contributed by atoms with Gasteiger partial charge in [0.25, 0.3) is 0 Å². The fraction of sp³-hybridized carbons (Fsp3) is 0.818. The quantitative estimate of drug-likeness (QED) is 0.389. The van der Waals surface area contributed by atoms with Gasteiger partial charge in [0.1, 0.15) is 0 Å². The number of aliphatic carboxylic acids is 1. The summed E-state index contributed by atoms with van der Waals surface area (Å²) >= 11 is 0. The summed E-state index contributed by atoms with van der Waals surface area (Å²) in [5.41, 5.74) is -1.51. The van der Waals surface area contributed by atoms with Gasteiger partial charge >= 0.3 is 11.9 Å². The summed E-state index contributed by atoms with van der Waals surface area (Å²) in [5, 5.41) is 9.03. The summed E-state index contributed by atoms with van der Waals surface area (Å²) in [6, 6.07) is 0. The molecule has 94 valence electrons. The van der Waals surface area contributed by atoms with Crippen LogP contribution in [0.3, 0.4) is 0 Å². The predicted octanol–water partition coefficient (Wildman–Crippen LogP) is 1.46. The van der Waals surface area contributed by atoms with Gasteiger partial charge in [0, 0.05) is 13.2 Å². The van der Waals surface area contributed by atoms with Gasteiger partial charge < -0.3 is 14.6 Å². The molecule has 0 aromatic rings. The van der Waals surface area contributed by atoms with Crippen LogP contribution < -0.4 is 0 Å². The molecule has 1 unspecified atom stereocenters. The van der Waals surface area contributed by atoms with Gasteiger partial charge in [-0.25, -0.2) is 0 Å². The summed E-state index contributed by atoms with van der Waals surface area (Å²) in [5.74, 6) is -1.88. The average Bonchev–Trinajstić information content (AvgIpc) is 2.24. The highest BCUT2D eigenvalue weighted by atomic mass is 16.5. The highest BCUT2D eigenvalue weighted by Crippen LogP contribution is 2.24. The molecule has 1 atom stereocenters. The fourth-order valence-corrected chi connectivity index (χ4v) is 1.11. The van der Waals surface area contributed by atoms with Crippen molar-refractivity contribution in [1.29, 1.82) is 0 Å². The maximum Gasteiger partial charge on any atom is 0.323 e. The van der Waals surface area contributed by atoms with Crippen molar-refractivity contribution in [3.63, 3.8) is 0 Å². The van der Waals surface area contributed by atoms with E-state index < -0.39 is 17.4 Å². The molecule has 0 saturated heterocycles. The van der Waals surface area contributed by atoms with Crippen LogP contribution in [-0.2, 0) is 19.1 Å². The number of esters is 1. The van der Waals surface area contributed by atoms with E-state index in [1.807, 2.05) is 6.92 Å². The van der Waals surface area contributed by atoms with Crippen LogP contribution in [-0.4, -0.2) is 36.9 Å². The lowest BCUT2D eigenvalue weighted by Crippen LogP contribution is -2.39. The SMILES string of the molecule is CCCOCCC(C)(C(=O)O)C(=O)OCC. The maximum absolute atomic E-state index is 11.5. The molecule has 0 aliphatic carbocycles. The molecule has 0 rings (SSSR count). The summed E-state index contributed by atoms with van der Waals surface area (Å²) in [4.78, 5) is 22.6. The van der Waals surface area contributed by atoms with Crippen LogP contribution in [0.4, 0.5) is 0 Å². The van der Waals surface area contributed by atoms with Crippen LogP contribution in [0.15, 0.2) is 0 Å². The van der Waals surface area contributed by atoms with Crippen LogP contribution in [0.1, 0.15) is 33.6 Å². The molecular weight excluding hydrogens is 212 g/mol. The third-order valence-electron chi connectivity index (χ3n) is 2.29. The van der Waals surface area contributed by atoms with Crippen molar-refractivity contribution in [3.8, 4) is 0 Å². The Morgan fingerprint density at radius 1 is 1.25 bits per heavy atom. The second-order valence-corrected chi connectivity index (χ2v) is 3.72. The predicted molar refractivity (Wildman–Crippen MR) is 58.1 cm³/mol. The Kier molecular flexibility index (Phi) is 6.72. The Morgan fingerprint density at radius 3 is 2.31 bits per heavy atom. The number of rotatable bonds is 8. The zero-order chi connectivity index (χ0) is 12.6. The molecule has 0 heterocycles. The topological polar surface area (TPSA) is 72.8 Å². The van der Waals surface area contributed by atoms with Crippen molar-refractivity contribution in [3.05, 3.63) is 0 Å². The number of carboxylic acid groups (broad SMARTS) is 1. The first-order valence-corrected chi connectivity index (χ1v) is 5.47. The van der Waals surface area contributed by atoms with Crippen molar-refractivity contribution in [1.82, 2.24) is 0 Å². The lowest BCUT2D eigenvalue weighted by Gasteiger charge is -2.22. The lowest BCUT2D eigenvalue weighted by molar-refractivity contribution is -0.168. The average molecular weight is 232 g/mol. The summed E-state index contributed by atoms with van der Waals surface area (Å²) in [7, 11) is 0. The standard InChI is InChI=1S/C11H20O5/c1-4-7-15-8-6-11(3,9(12)13)10(14)16-5-2/h4-8H2,1-3H3,(H,12,13). The summed E-state index contributed by atoms with van der Waals surface area (Å²) in [6.07, 6.45) is 0.990. The monoisotopic (exact) mass is 232 g/mol. The van der Waals surface area contributed by atoms with Crippen molar-refractivity contribution in [2.45, 2.75) is 33.6 Å². The van der Waals surface area contributed by atoms with Crippen LogP contribution in [0.2, 0.25) is 0 Å². The van der Waals surface area contributed by atoms with Crippen molar-refractivity contribution >= 4 is 11.9 Å². The molecule has 0 saturated carbocycles. The number of ether oxygens (including phenoxy) is 2. The van der Waals surface area contributed by atoms with Gasteiger partial charge in [0.05, 0.1) is 6.61 Å². The van der Waals surface area contributed by atoms with E-state index in [0.717, 1.165) is 6.42 Å². The number of hydrogen-bond acceptors (Lipinski definition) is 4. The maximum atomic E-state index is 11.5. The van der Waals surface area contributed by atoms with Crippen LogP contribution in [0.5, 0.6) is 0 Å². The van der Waals surface area contributed by atoms with Crippen LogP contribution in [0.25, 0.3) is 0 Å². The molecule has 0 aromatic heterocycles. The minimum absolute atomic E-state index is 0.126. The third kappa shape index (κ3) is 4.18. The van der Waals surface area contributed by atoms with Crippen molar-refractivity contribution in [2.24, 2.45) is 5.41 Å². The highest BCUT2D eigenvalue weighted by molar-refractivity contribution is 5.98. The molecule has 0 bridgehead atoms. The van der Waals surface area contributed by atoms with Gasteiger partial charge in [-0.05, 0) is 26.7 Å². The van der Waals surface area contributed by atoms with E-state index in [-0.39, 0.29) is 19.6 Å². The number of carboxylic acids is 1. The van der Waals surface area contributed by atoms with Gasteiger partial charge in [-0.3, -0.25) is 9.59 Å². The first-order chi connectivity index (χ1) is 7.49. The lowest BCUT2D eigenvalue weighted by atomic mass is 9.87. The molecule has 0 fully saturated rings. The fourth-order valence-electron chi connectivity index (χ4n) is 1.11. The van der Waals surface area contributed by atoms with Crippen LogP contribution in [0, 0.1) is 5.41 Å². The smallest absolute Gasteiger partial charge is 0.323 e. The van der Waals surface area contributed by atoms with E-state index in [1.54, 1.807) is 6.92 Å². The largest absolute Gasteiger partial charge is 0.480 e. The molecule has 0 spiro atoms. The minimum Gasteiger partial charge on any atom is -0.480 e. The normalized spacial score (nSPS) is 14.2. The molecule has 1 N–H and O–H groups in total. The Morgan fingerprint density at radius 2 is 1.88 bits per heavy atom. The molecule has 0 aromatic carbocycles. The van der Waals surface area contributed by atoms with E-state index in [9.17, 15) is 9.59 Å². The number of carbonyl (C=O) groups is 2. The summed E-state index contributed by atoms with van der Waals surface area (Å²) in [6.45, 7) is 5.96. The molecule has 0 radical (unpaired) electrons. The molecule has 0 aliphatic heterocycles. The zero-order valence-corrected chi connectivity index (χ0v) is 10.1. The third-order valence-corrected chi connectivity index (χ3v) is 2.29. The van der Waals surface area contributed by atoms with E-state index >= 15 is 0 Å². The first-order valence-electron chi connectivity index (χ1n) is 5.47. The molecular formula is C11H20O5. The highest BCUT2D eigenvalue weighted by Gasteiger charge is 2.42. The first kappa shape index (κ1) is 14.9. The Bertz CT molecular complexity index is 239. The zero-order valence-electron chi connectivity index (χ0n) is 10.1. The summed E-state index contributed by atoms with van der Waals surface area (Å²) < 4.78 is 9.94. The van der Waals surface area contributed by atoms with Gasteiger partial charge in [0.2, 0.25) is 0 Å². The molecule has 5 heteroatoms. The van der Waals surface area contributed by atoms with Crippen LogP contribution >= 0.6 is 0 Å². The van der Waals surface area contributed by atoms with Gasteiger partial charge in [0.15, 0.2) is 5.41 Å². The number of carbonyl (C=O) groups excluding carboxylic acids is 1. The van der Waals surface area contributed by atoms with Crippen molar-refractivity contribution < 1.29 is 24.2 Å². The second-order valence-electron chi connectivity index (χ2n) is 3.72. The number of hydrogen-bond donors (Lipinski definition) is 1. The second kappa shape index (κ2) is 7.22. The Labute approximate surface area is 95.7 Å². The molecule has 16 heavy (non-hydrogen) atoms. The molecule has 0 aliphatic rings. The van der Waals surface area contributed by atoms with Gasteiger partial charge in [-0.1, -0.05) is 6.92 Å². The molecule has 0 amide bonds.